The fraction of sp³-hybridized carbons (Fsp3) is 0.754. The van der Waals surface area contributed by atoms with Crippen molar-refractivity contribution in [3.05, 3.63) is 72.9 Å². The van der Waals surface area contributed by atoms with E-state index in [-0.39, 0.29) is 31.1 Å². The highest BCUT2D eigenvalue weighted by Crippen LogP contribution is 2.14. The van der Waals surface area contributed by atoms with E-state index in [0.29, 0.717) is 19.3 Å². The van der Waals surface area contributed by atoms with Crippen LogP contribution in [0.25, 0.3) is 0 Å². The predicted molar refractivity (Wildman–Crippen MR) is 288 cm³/mol. The molecule has 6 nitrogen and oxygen atoms in total. The van der Waals surface area contributed by atoms with Crippen LogP contribution < -0.4 is 0 Å². The molecule has 1 atom stereocenters. The number of ether oxygens (including phenoxy) is 3. The summed E-state index contributed by atoms with van der Waals surface area (Å²) in [5, 5.41) is 0. The fourth-order valence-corrected chi connectivity index (χ4v) is 7.83. The van der Waals surface area contributed by atoms with E-state index in [0.717, 1.165) is 83.5 Å². The lowest BCUT2D eigenvalue weighted by Crippen LogP contribution is -2.30. The molecule has 0 aliphatic carbocycles. The third kappa shape index (κ3) is 53.7. The lowest BCUT2D eigenvalue weighted by molar-refractivity contribution is -0.167. The minimum atomic E-state index is -0.792. The van der Waals surface area contributed by atoms with Crippen molar-refractivity contribution in [2.24, 2.45) is 0 Å². The number of rotatable bonds is 51. The summed E-state index contributed by atoms with van der Waals surface area (Å²) in [6.45, 7) is 6.57. The van der Waals surface area contributed by atoms with Crippen LogP contribution in [0.5, 0.6) is 0 Å². The van der Waals surface area contributed by atoms with E-state index in [1.807, 2.05) is 0 Å². The zero-order chi connectivity index (χ0) is 48.6. The Kier molecular flexibility index (Phi) is 52.8. The highest BCUT2D eigenvalue weighted by molar-refractivity contribution is 5.71. The Balaban J connectivity index is 4.44. The van der Waals surface area contributed by atoms with Gasteiger partial charge in [-0.15, -0.1) is 0 Å². The van der Waals surface area contributed by atoms with Crippen LogP contribution in [-0.4, -0.2) is 37.2 Å². The van der Waals surface area contributed by atoms with Crippen molar-refractivity contribution < 1.29 is 28.6 Å². The Morgan fingerprint density at radius 1 is 0.299 bits per heavy atom. The predicted octanol–water partition coefficient (Wildman–Crippen LogP) is 19.0. The SMILES string of the molecule is CCCCC/C=C\C/C=C\C/C=C\C/C=C\CCCCCC(=O)OC[C@H](COC(=O)CCCCCCCCC/C=C\CCCCCC)OC(=O)CCCCCCCCC/C=C\CCCCCC. The molecule has 0 radical (unpaired) electrons. The first-order valence-electron chi connectivity index (χ1n) is 28.4. The minimum absolute atomic E-state index is 0.0891. The summed E-state index contributed by atoms with van der Waals surface area (Å²) >= 11 is 0. The van der Waals surface area contributed by atoms with Crippen LogP contribution in [0.2, 0.25) is 0 Å². The average Bonchev–Trinajstić information content (AvgIpc) is 3.33. The molecule has 0 fully saturated rings. The van der Waals surface area contributed by atoms with E-state index < -0.39 is 6.10 Å². The molecule has 67 heavy (non-hydrogen) atoms. The summed E-state index contributed by atoms with van der Waals surface area (Å²) in [5.41, 5.74) is 0. The first-order valence-corrected chi connectivity index (χ1v) is 28.4. The van der Waals surface area contributed by atoms with Crippen molar-refractivity contribution in [3.8, 4) is 0 Å². The lowest BCUT2D eigenvalue weighted by atomic mass is 10.1. The molecule has 0 saturated carbocycles. The second-order valence-electron chi connectivity index (χ2n) is 18.8. The molecule has 0 N–H and O–H groups in total. The first-order chi connectivity index (χ1) is 33.0. The van der Waals surface area contributed by atoms with Crippen LogP contribution in [0.15, 0.2) is 72.9 Å². The molecule has 0 aromatic rings. The average molecular weight is 936 g/mol. The molecule has 0 heterocycles. The Bertz CT molecular complexity index is 1260. The fourth-order valence-electron chi connectivity index (χ4n) is 7.83. The van der Waals surface area contributed by atoms with Crippen LogP contribution in [0.4, 0.5) is 0 Å². The highest BCUT2D eigenvalue weighted by Gasteiger charge is 2.19. The van der Waals surface area contributed by atoms with Gasteiger partial charge in [-0.3, -0.25) is 14.4 Å². The van der Waals surface area contributed by atoms with Crippen LogP contribution in [-0.2, 0) is 28.6 Å². The molecule has 0 bridgehead atoms. The molecule has 0 amide bonds. The number of hydrogen-bond acceptors (Lipinski definition) is 6. The Labute approximate surface area is 414 Å². The third-order valence-electron chi connectivity index (χ3n) is 12.2. The van der Waals surface area contributed by atoms with Gasteiger partial charge in [0.15, 0.2) is 6.10 Å². The van der Waals surface area contributed by atoms with Gasteiger partial charge in [0, 0.05) is 19.3 Å². The normalized spacial score (nSPS) is 12.6. The number of unbranched alkanes of at least 4 members (excludes halogenated alkanes) is 28. The molecule has 6 heteroatoms. The molecule has 0 rings (SSSR count). The summed E-state index contributed by atoms with van der Waals surface area (Å²) in [5.74, 6) is -0.923. The van der Waals surface area contributed by atoms with Crippen molar-refractivity contribution in [1.29, 1.82) is 0 Å². The smallest absolute Gasteiger partial charge is 0.306 e. The van der Waals surface area contributed by atoms with Gasteiger partial charge in [0.2, 0.25) is 0 Å². The van der Waals surface area contributed by atoms with Crippen LogP contribution in [0.3, 0.4) is 0 Å². The van der Waals surface area contributed by atoms with Gasteiger partial charge in [0.25, 0.3) is 0 Å². The molecular formula is C61H106O6. The molecule has 0 aliphatic heterocycles. The number of allylic oxidation sites excluding steroid dienone is 12. The van der Waals surface area contributed by atoms with Crippen molar-refractivity contribution in [2.45, 2.75) is 284 Å². The van der Waals surface area contributed by atoms with Crippen molar-refractivity contribution in [1.82, 2.24) is 0 Å². The number of hydrogen-bond donors (Lipinski definition) is 0. The molecule has 0 unspecified atom stereocenters. The highest BCUT2D eigenvalue weighted by atomic mass is 16.6. The topological polar surface area (TPSA) is 78.9 Å². The first kappa shape index (κ1) is 63.8. The summed E-state index contributed by atoms with van der Waals surface area (Å²) in [4.78, 5) is 38.1. The van der Waals surface area contributed by atoms with Gasteiger partial charge in [-0.2, -0.15) is 0 Å². The maximum absolute atomic E-state index is 12.8. The van der Waals surface area contributed by atoms with Gasteiger partial charge in [0.05, 0.1) is 0 Å². The number of carbonyl (C=O) groups is 3. The number of carbonyl (C=O) groups excluding carboxylic acids is 3. The van der Waals surface area contributed by atoms with E-state index >= 15 is 0 Å². The molecule has 0 aliphatic rings. The monoisotopic (exact) mass is 935 g/mol. The Morgan fingerprint density at radius 2 is 0.537 bits per heavy atom. The molecule has 0 aromatic heterocycles. The van der Waals surface area contributed by atoms with Crippen LogP contribution in [0, 0.1) is 0 Å². The Morgan fingerprint density at radius 3 is 0.896 bits per heavy atom. The van der Waals surface area contributed by atoms with E-state index in [2.05, 4.69) is 93.7 Å². The molecule has 0 saturated heterocycles. The zero-order valence-electron chi connectivity index (χ0n) is 44.2. The summed E-state index contributed by atoms with van der Waals surface area (Å²) in [6, 6.07) is 0. The van der Waals surface area contributed by atoms with Gasteiger partial charge >= 0.3 is 17.9 Å². The maximum atomic E-state index is 12.8. The largest absolute Gasteiger partial charge is 0.462 e. The standard InChI is InChI=1S/C61H106O6/c1-4-7-10-13-16-19-22-25-28-29-30-31-34-36-39-42-45-48-51-54-60(63)66-57-58(67-61(64)55-52-49-46-43-40-37-33-27-24-21-18-15-12-9-6-3)56-65-59(62)53-50-47-44-41-38-35-32-26-23-20-17-14-11-8-5-2/h16,19-21,23-25,28,30-31,36,39,58H,4-15,17-18,22,26-27,29,32-35,37-38,40-57H2,1-3H3/b19-16-,23-20-,24-21-,28-25-,31-30-,39-36-/t58-/m0/s1. The van der Waals surface area contributed by atoms with E-state index in [9.17, 15) is 14.4 Å². The van der Waals surface area contributed by atoms with Crippen molar-refractivity contribution in [2.75, 3.05) is 13.2 Å². The van der Waals surface area contributed by atoms with E-state index in [1.165, 1.54) is 154 Å². The number of esters is 3. The summed E-state index contributed by atoms with van der Waals surface area (Å²) < 4.78 is 16.8. The second kappa shape index (κ2) is 55.4. The van der Waals surface area contributed by atoms with Crippen LogP contribution in [0.1, 0.15) is 278 Å². The third-order valence-corrected chi connectivity index (χ3v) is 12.2. The summed E-state index contributed by atoms with van der Waals surface area (Å²) in [6.07, 6.45) is 70.2. The second-order valence-corrected chi connectivity index (χ2v) is 18.8. The maximum Gasteiger partial charge on any atom is 0.306 e. The molecule has 386 valence electrons. The van der Waals surface area contributed by atoms with Gasteiger partial charge in [-0.05, 0) is 116 Å². The van der Waals surface area contributed by atoms with Gasteiger partial charge < -0.3 is 14.2 Å². The Hall–Kier alpha value is -3.15. The molecule has 0 aromatic carbocycles. The van der Waals surface area contributed by atoms with E-state index in [1.54, 1.807) is 0 Å². The van der Waals surface area contributed by atoms with Gasteiger partial charge in [-0.1, -0.05) is 216 Å². The zero-order valence-corrected chi connectivity index (χ0v) is 44.2. The van der Waals surface area contributed by atoms with Gasteiger partial charge in [0.1, 0.15) is 13.2 Å². The molecular weight excluding hydrogens is 829 g/mol. The van der Waals surface area contributed by atoms with E-state index in [4.69, 9.17) is 14.2 Å². The lowest BCUT2D eigenvalue weighted by Gasteiger charge is -2.18. The van der Waals surface area contributed by atoms with Crippen molar-refractivity contribution >= 4 is 17.9 Å². The summed E-state index contributed by atoms with van der Waals surface area (Å²) in [7, 11) is 0. The minimum Gasteiger partial charge on any atom is -0.462 e. The van der Waals surface area contributed by atoms with Crippen molar-refractivity contribution in [3.63, 3.8) is 0 Å². The molecule has 0 spiro atoms. The van der Waals surface area contributed by atoms with Gasteiger partial charge in [-0.25, -0.2) is 0 Å². The quantitative estimate of drug-likeness (QED) is 0.0262. The van der Waals surface area contributed by atoms with Crippen LogP contribution >= 0.6 is 0 Å².